The molecule has 0 radical (unpaired) electrons. The Morgan fingerprint density at radius 1 is 1.15 bits per heavy atom. The summed E-state index contributed by atoms with van der Waals surface area (Å²) in [4.78, 5) is 29.5. The third-order valence-electron chi connectivity index (χ3n) is 4.00. The van der Waals surface area contributed by atoms with E-state index in [9.17, 15) is 9.59 Å². The number of hydrogen-bond acceptors (Lipinski definition) is 4. The van der Waals surface area contributed by atoms with E-state index in [-0.39, 0.29) is 23.6 Å². The number of carbonyl (C=O) groups excluding carboxylic acids is 1. The number of ether oxygens (including phenoxy) is 1. The van der Waals surface area contributed by atoms with Crippen molar-refractivity contribution in [3.05, 3.63) is 70.3 Å². The Kier molecular flexibility index (Phi) is 4.99. The standard InChI is InChI=1S/C21H23N3O3/c1-21(2,3)27-18-11-7-9-15(23-18)13-22-19(25)17-12-14-8-5-6-10-16(14)20(26)24(17)4/h5-12H,13H2,1-4H3,(H,22,25). The van der Waals surface area contributed by atoms with Crippen LogP contribution in [0.25, 0.3) is 10.8 Å². The number of pyridine rings is 2. The number of rotatable bonds is 4. The largest absolute Gasteiger partial charge is 0.472 e. The molecule has 0 saturated heterocycles. The molecule has 1 amide bonds. The molecule has 140 valence electrons. The smallest absolute Gasteiger partial charge is 0.268 e. The molecular weight excluding hydrogens is 342 g/mol. The Morgan fingerprint density at radius 3 is 2.63 bits per heavy atom. The molecule has 3 rings (SSSR count). The number of aromatic nitrogens is 2. The number of fused-ring (bicyclic) bond motifs is 1. The summed E-state index contributed by atoms with van der Waals surface area (Å²) < 4.78 is 7.11. The van der Waals surface area contributed by atoms with Crippen LogP contribution in [0.15, 0.2) is 53.3 Å². The van der Waals surface area contributed by atoms with E-state index in [4.69, 9.17) is 4.74 Å². The lowest BCUT2D eigenvalue weighted by Crippen LogP contribution is -2.31. The monoisotopic (exact) mass is 365 g/mol. The van der Waals surface area contributed by atoms with Crippen LogP contribution in [0.4, 0.5) is 0 Å². The fourth-order valence-corrected chi connectivity index (χ4v) is 2.76. The maximum Gasteiger partial charge on any atom is 0.268 e. The van der Waals surface area contributed by atoms with Crippen molar-refractivity contribution >= 4 is 16.7 Å². The molecule has 1 aromatic carbocycles. The predicted molar refractivity (Wildman–Crippen MR) is 105 cm³/mol. The summed E-state index contributed by atoms with van der Waals surface area (Å²) in [7, 11) is 1.60. The molecule has 0 unspecified atom stereocenters. The molecule has 0 atom stereocenters. The fourth-order valence-electron chi connectivity index (χ4n) is 2.76. The molecule has 6 nitrogen and oxygen atoms in total. The first-order chi connectivity index (χ1) is 12.7. The molecule has 2 aromatic heterocycles. The number of carbonyl (C=O) groups is 1. The maximum atomic E-state index is 12.6. The molecular formula is C21H23N3O3. The molecule has 0 fully saturated rings. The van der Waals surface area contributed by atoms with E-state index in [1.54, 1.807) is 25.2 Å². The minimum absolute atomic E-state index is 0.197. The average Bonchev–Trinajstić information content (AvgIpc) is 2.61. The van der Waals surface area contributed by atoms with Crippen molar-refractivity contribution < 1.29 is 9.53 Å². The zero-order valence-corrected chi connectivity index (χ0v) is 15.9. The molecule has 1 N–H and O–H groups in total. The zero-order valence-electron chi connectivity index (χ0n) is 15.9. The van der Waals surface area contributed by atoms with E-state index in [0.717, 1.165) is 5.39 Å². The number of amides is 1. The van der Waals surface area contributed by atoms with E-state index in [1.165, 1.54) is 4.57 Å². The third kappa shape index (κ3) is 4.34. The van der Waals surface area contributed by atoms with Crippen molar-refractivity contribution in [3.8, 4) is 5.88 Å². The van der Waals surface area contributed by atoms with E-state index < -0.39 is 0 Å². The van der Waals surface area contributed by atoms with Crippen LogP contribution in [-0.2, 0) is 13.6 Å². The highest BCUT2D eigenvalue weighted by Crippen LogP contribution is 2.16. The first-order valence-electron chi connectivity index (χ1n) is 8.76. The second kappa shape index (κ2) is 7.23. The Bertz CT molecular complexity index is 1050. The van der Waals surface area contributed by atoms with Gasteiger partial charge in [-0.05, 0) is 44.4 Å². The van der Waals surface area contributed by atoms with Gasteiger partial charge in [-0.1, -0.05) is 24.3 Å². The van der Waals surface area contributed by atoms with Gasteiger partial charge in [-0.2, -0.15) is 0 Å². The summed E-state index contributed by atoms with van der Waals surface area (Å²) in [6, 6.07) is 14.4. The van der Waals surface area contributed by atoms with Crippen LogP contribution in [-0.4, -0.2) is 21.1 Å². The zero-order chi connectivity index (χ0) is 19.6. The van der Waals surface area contributed by atoms with Gasteiger partial charge in [-0.3, -0.25) is 9.59 Å². The van der Waals surface area contributed by atoms with E-state index in [0.29, 0.717) is 22.7 Å². The maximum absolute atomic E-state index is 12.6. The molecule has 0 aliphatic heterocycles. The minimum Gasteiger partial charge on any atom is -0.472 e. The quantitative estimate of drug-likeness (QED) is 0.771. The minimum atomic E-state index is -0.349. The van der Waals surface area contributed by atoms with Gasteiger partial charge in [0, 0.05) is 18.5 Å². The van der Waals surface area contributed by atoms with E-state index in [1.807, 2.05) is 51.1 Å². The summed E-state index contributed by atoms with van der Waals surface area (Å²) in [5, 5.41) is 4.15. The molecule has 27 heavy (non-hydrogen) atoms. The lowest BCUT2D eigenvalue weighted by molar-refractivity contribution is 0.0940. The second-order valence-electron chi connectivity index (χ2n) is 7.35. The van der Waals surface area contributed by atoms with Crippen LogP contribution in [0.5, 0.6) is 5.88 Å². The normalized spacial score (nSPS) is 11.4. The highest BCUT2D eigenvalue weighted by molar-refractivity contribution is 5.96. The van der Waals surface area contributed by atoms with Gasteiger partial charge in [0.1, 0.15) is 11.3 Å². The Hall–Kier alpha value is -3.15. The Balaban J connectivity index is 1.79. The highest BCUT2D eigenvalue weighted by Gasteiger charge is 2.15. The molecule has 0 aliphatic rings. The fraction of sp³-hybridized carbons (Fsp3) is 0.286. The SMILES string of the molecule is Cn1c(C(=O)NCc2cccc(OC(C)(C)C)n2)cc2ccccc2c1=O. The van der Waals surface area contributed by atoms with Gasteiger partial charge in [-0.15, -0.1) is 0 Å². The number of hydrogen-bond donors (Lipinski definition) is 1. The highest BCUT2D eigenvalue weighted by atomic mass is 16.5. The van der Waals surface area contributed by atoms with E-state index in [2.05, 4.69) is 10.3 Å². The van der Waals surface area contributed by atoms with Gasteiger partial charge in [0.05, 0.1) is 12.2 Å². The van der Waals surface area contributed by atoms with Gasteiger partial charge in [-0.25, -0.2) is 4.98 Å². The van der Waals surface area contributed by atoms with Crippen molar-refractivity contribution in [2.24, 2.45) is 7.05 Å². The van der Waals surface area contributed by atoms with Crippen molar-refractivity contribution in [2.45, 2.75) is 32.9 Å². The molecule has 0 aliphatic carbocycles. The van der Waals surface area contributed by atoms with Gasteiger partial charge >= 0.3 is 0 Å². The van der Waals surface area contributed by atoms with Crippen LogP contribution in [0.2, 0.25) is 0 Å². The second-order valence-corrected chi connectivity index (χ2v) is 7.35. The molecule has 3 aromatic rings. The topological polar surface area (TPSA) is 73.2 Å². The summed E-state index contributed by atoms with van der Waals surface area (Å²) >= 11 is 0. The van der Waals surface area contributed by atoms with Crippen LogP contribution in [0, 0.1) is 0 Å². The lowest BCUT2D eigenvalue weighted by atomic mass is 10.1. The summed E-state index contributed by atoms with van der Waals surface area (Å²) in [6.45, 7) is 6.08. The molecule has 0 bridgehead atoms. The molecule has 0 spiro atoms. The van der Waals surface area contributed by atoms with Crippen LogP contribution in [0.1, 0.15) is 37.0 Å². The third-order valence-corrected chi connectivity index (χ3v) is 4.00. The predicted octanol–water partition coefficient (Wildman–Crippen LogP) is 3.04. The van der Waals surface area contributed by atoms with Crippen LogP contribution < -0.4 is 15.6 Å². The average molecular weight is 365 g/mol. The molecule has 2 heterocycles. The summed E-state index contributed by atoms with van der Waals surface area (Å²) in [6.07, 6.45) is 0. The van der Waals surface area contributed by atoms with Crippen molar-refractivity contribution in [1.82, 2.24) is 14.9 Å². The number of benzene rings is 1. The van der Waals surface area contributed by atoms with Crippen LogP contribution in [0.3, 0.4) is 0 Å². The summed E-state index contributed by atoms with van der Waals surface area (Å²) in [5.41, 5.74) is 0.437. The Labute approximate surface area is 157 Å². The van der Waals surface area contributed by atoms with Crippen molar-refractivity contribution in [3.63, 3.8) is 0 Å². The van der Waals surface area contributed by atoms with Gasteiger partial charge in [0.15, 0.2) is 0 Å². The van der Waals surface area contributed by atoms with Crippen molar-refractivity contribution in [2.75, 3.05) is 0 Å². The lowest BCUT2D eigenvalue weighted by Gasteiger charge is -2.20. The molecule has 0 saturated carbocycles. The number of nitrogens with zero attached hydrogens (tertiary/aromatic N) is 2. The van der Waals surface area contributed by atoms with Gasteiger partial charge in [0.2, 0.25) is 5.88 Å². The van der Waals surface area contributed by atoms with Crippen LogP contribution >= 0.6 is 0 Å². The summed E-state index contributed by atoms with van der Waals surface area (Å²) in [5.74, 6) is 0.177. The first-order valence-corrected chi connectivity index (χ1v) is 8.76. The molecule has 6 heteroatoms. The number of nitrogens with one attached hydrogen (secondary N) is 1. The van der Waals surface area contributed by atoms with E-state index >= 15 is 0 Å². The van der Waals surface area contributed by atoms with Gasteiger partial charge < -0.3 is 14.6 Å². The Morgan fingerprint density at radius 2 is 1.89 bits per heavy atom. The first kappa shape index (κ1) is 18.6. The van der Waals surface area contributed by atoms with Crippen molar-refractivity contribution in [1.29, 1.82) is 0 Å². The van der Waals surface area contributed by atoms with Gasteiger partial charge in [0.25, 0.3) is 11.5 Å².